The molecule has 1 aliphatic carbocycles. The van der Waals surface area contributed by atoms with E-state index in [1.165, 1.54) is 28.8 Å². The molecule has 2 aromatic rings. The predicted molar refractivity (Wildman–Crippen MR) is 145 cm³/mol. The highest BCUT2D eigenvalue weighted by molar-refractivity contribution is 8.18. The van der Waals surface area contributed by atoms with E-state index in [0.29, 0.717) is 4.91 Å². The Labute approximate surface area is 207 Å². The lowest BCUT2D eigenvalue weighted by molar-refractivity contribution is -0.115. The van der Waals surface area contributed by atoms with Crippen LogP contribution in [0.1, 0.15) is 57.2 Å². The lowest BCUT2D eigenvalue weighted by Gasteiger charge is -2.43. The Morgan fingerprint density at radius 3 is 1.91 bits per heavy atom. The van der Waals surface area contributed by atoms with Crippen LogP contribution in [0.2, 0.25) is 0 Å². The highest BCUT2D eigenvalue weighted by Crippen LogP contribution is 2.50. The molecule has 5 nitrogen and oxygen atoms in total. The first-order valence-corrected chi connectivity index (χ1v) is 12.5. The van der Waals surface area contributed by atoms with E-state index in [2.05, 4.69) is 95.3 Å². The van der Waals surface area contributed by atoms with E-state index in [9.17, 15) is 9.59 Å². The number of thioether (sulfide) groups is 1. The lowest BCUT2D eigenvalue weighted by Crippen LogP contribution is -2.34. The fourth-order valence-electron chi connectivity index (χ4n) is 5.01. The smallest absolute Gasteiger partial charge is 0.290 e. The van der Waals surface area contributed by atoms with E-state index in [1.54, 1.807) is 6.08 Å². The zero-order chi connectivity index (χ0) is 25.0. The summed E-state index contributed by atoms with van der Waals surface area (Å²) in [4.78, 5) is 28.5. The van der Waals surface area contributed by atoms with Gasteiger partial charge in [-0.2, -0.15) is 0 Å². The summed E-state index contributed by atoms with van der Waals surface area (Å²) in [7, 11) is 8.30. The summed E-state index contributed by atoms with van der Waals surface area (Å²) in [5, 5.41) is 2.02. The molecule has 0 spiro atoms. The maximum atomic E-state index is 12.1. The average Bonchev–Trinajstić information content (AvgIpc) is 3.07. The van der Waals surface area contributed by atoms with E-state index >= 15 is 0 Å². The molecule has 1 saturated heterocycles. The van der Waals surface area contributed by atoms with Crippen LogP contribution >= 0.6 is 11.8 Å². The van der Waals surface area contributed by atoms with Crippen LogP contribution in [0.4, 0.5) is 16.2 Å². The second kappa shape index (κ2) is 8.49. The van der Waals surface area contributed by atoms with Crippen LogP contribution in [0, 0.1) is 0 Å². The molecule has 0 unspecified atom stereocenters. The van der Waals surface area contributed by atoms with Crippen LogP contribution in [0.3, 0.4) is 0 Å². The van der Waals surface area contributed by atoms with Crippen molar-refractivity contribution in [1.82, 2.24) is 5.32 Å². The van der Waals surface area contributed by atoms with Gasteiger partial charge < -0.3 is 9.80 Å². The Hall–Kier alpha value is -2.73. The van der Waals surface area contributed by atoms with Crippen molar-refractivity contribution < 1.29 is 9.59 Å². The Balaban J connectivity index is 1.97. The van der Waals surface area contributed by atoms with Gasteiger partial charge in [0.15, 0.2) is 0 Å². The number of carbonyl (C=O) groups is 2. The molecule has 0 atom stereocenters. The van der Waals surface area contributed by atoms with Crippen molar-refractivity contribution in [3.05, 3.63) is 51.9 Å². The van der Waals surface area contributed by atoms with Crippen LogP contribution in [0.25, 0.3) is 17.2 Å². The zero-order valence-corrected chi connectivity index (χ0v) is 22.3. The Bertz CT molecular complexity index is 1210. The molecule has 0 radical (unpaired) electrons. The minimum atomic E-state index is -0.333. The second-order valence-corrected chi connectivity index (χ2v) is 12.1. The van der Waals surface area contributed by atoms with Crippen LogP contribution in [-0.2, 0) is 15.6 Å². The SMILES string of the molecule is CN(C)c1ccc(C=C2SC(=O)NC2=O)cc1-c1cc2c(cc1N(C)C)C(C)(C)CCC2(C)C. The third kappa shape index (κ3) is 4.36. The van der Waals surface area contributed by atoms with Crippen molar-refractivity contribution in [2.75, 3.05) is 38.0 Å². The molecule has 2 aromatic carbocycles. The number of fused-ring (bicyclic) bond motifs is 1. The average molecular weight is 478 g/mol. The van der Waals surface area contributed by atoms with E-state index in [1.807, 2.05) is 6.07 Å². The summed E-state index contributed by atoms with van der Waals surface area (Å²) in [5.41, 5.74) is 8.55. The molecule has 2 amide bonds. The van der Waals surface area contributed by atoms with Gasteiger partial charge in [-0.05, 0) is 82.5 Å². The molecule has 0 aromatic heterocycles. The number of rotatable bonds is 4. The number of carbonyl (C=O) groups excluding carboxylic acids is 2. The van der Waals surface area contributed by atoms with E-state index in [0.717, 1.165) is 35.0 Å². The standard InChI is InChI=1S/C28H35N3O2S/c1-27(2)11-12-28(3,4)21-16-23(31(7)8)19(15-20(21)27)18-13-17(9-10-22(18)30(5)6)14-24-25(32)29-26(33)34-24/h9-10,13-16H,11-12H2,1-8H3,(H,29,32,33). The second-order valence-electron chi connectivity index (χ2n) is 11.1. The molecular weight excluding hydrogens is 442 g/mol. The molecule has 4 rings (SSSR count). The molecule has 1 aliphatic heterocycles. The fourth-order valence-corrected chi connectivity index (χ4v) is 5.69. The van der Waals surface area contributed by atoms with Crippen molar-refractivity contribution in [1.29, 1.82) is 0 Å². The van der Waals surface area contributed by atoms with Gasteiger partial charge in [0.2, 0.25) is 0 Å². The monoisotopic (exact) mass is 477 g/mol. The molecule has 1 fully saturated rings. The zero-order valence-electron chi connectivity index (χ0n) is 21.5. The first-order chi connectivity index (χ1) is 15.8. The first kappa shape index (κ1) is 24.4. The van der Waals surface area contributed by atoms with E-state index < -0.39 is 0 Å². The molecule has 1 heterocycles. The molecule has 2 aliphatic rings. The third-order valence-electron chi connectivity index (χ3n) is 7.18. The normalized spacial score (nSPS) is 19.7. The molecule has 34 heavy (non-hydrogen) atoms. The predicted octanol–water partition coefficient (Wildman–Crippen LogP) is 6.16. The van der Waals surface area contributed by atoms with Crippen molar-refractivity contribution in [2.24, 2.45) is 0 Å². The summed E-state index contributed by atoms with van der Waals surface area (Å²) in [6.45, 7) is 9.40. The number of hydrogen-bond donors (Lipinski definition) is 1. The summed E-state index contributed by atoms with van der Waals surface area (Å²) in [5.74, 6) is -0.333. The van der Waals surface area contributed by atoms with Crippen molar-refractivity contribution in [3.8, 4) is 11.1 Å². The summed E-state index contributed by atoms with van der Waals surface area (Å²) in [6.07, 6.45) is 4.12. The quantitative estimate of drug-likeness (QED) is 0.535. The van der Waals surface area contributed by atoms with Crippen molar-refractivity contribution in [2.45, 2.75) is 51.4 Å². The van der Waals surface area contributed by atoms with Crippen LogP contribution in [-0.4, -0.2) is 39.3 Å². The largest absolute Gasteiger partial charge is 0.377 e. The number of imide groups is 1. The van der Waals surface area contributed by atoms with Gasteiger partial charge in [-0.15, -0.1) is 0 Å². The van der Waals surface area contributed by atoms with Gasteiger partial charge in [0, 0.05) is 50.7 Å². The van der Waals surface area contributed by atoms with E-state index in [4.69, 9.17) is 0 Å². The van der Waals surface area contributed by atoms with Crippen molar-refractivity contribution >= 4 is 40.4 Å². The molecule has 1 N–H and O–H groups in total. The maximum Gasteiger partial charge on any atom is 0.290 e. The summed E-state index contributed by atoms with van der Waals surface area (Å²) >= 11 is 0.950. The number of amides is 2. The van der Waals surface area contributed by atoms with Crippen LogP contribution in [0.15, 0.2) is 35.2 Å². The Kier molecular flexibility index (Phi) is 6.09. The molecule has 0 saturated carbocycles. The Morgan fingerprint density at radius 2 is 1.38 bits per heavy atom. The first-order valence-electron chi connectivity index (χ1n) is 11.7. The number of hydrogen-bond acceptors (Lipinski definition) is 5. The number of benzene rings is 2. The van der Waals surface area contributed by atoms with Gasteiger partial charge in [-0.3, -0.25) is 14.9 Å². The van der Waals surface area contributed by atoms with Gasteiger partial charge in [-0.1, -0.05) is 33.8 Å². The summed E-state index contributed by atoms with van der Waals surface area (Å²) in [6, 6.07) is 11.0. The van der Waals surface area contributed by atoms with Gasteiger partial charge in [-0.25, -0.2) is 0 Å². The minimum absolute atomic E-state index is 0.0985. The lowest BCUT2D eigenvalue weighted by atomic mass is 9.62. The third-order valence-corrected chi connectivity index (χ3v) is 7.99. The Morgan fingerprint density at radius 1 is 0.824 bits per heavy atom. The van der Waals surface area contributed by atoms with Crippen LogP contribution in [0.5, 0.6) is 0 Å². The van der Waals surface area contributed by atoms with Gasteiger partial charge in [0.25, 0.3) is 11.1 Å². The minimum Gasteiger partial charge on any atom is -0.377 e. The van der Waals surface area contributed by atoms with Gasteiger partial charge in [0.1, 0.15) is 0 Å². The number of nitrogens with zero attached hydrogens (tertiary/aromatic N) is 2. The highest BCUT2D eigenvalue weighted by atomic mass is 32.2. The number of nitrogens with one attached hydrogen (secondary N) is 1. The fraction of sp³-hybridized carbons (Fsp3) is 0.429. The maximum absolute atomic E-state index is 12.1. The van der Waals surface area contributed by atoms with Crippen molar-refractivity contribution in [3.63, 3.8) is 0 Å². The van der Waals surface area contributed by atoms with Gasteiger partial charge in [0.05, 0.1) is 4.91 Å². The van der Waals surface area contributed by atoms with E-state index in [-0.39, 0.29) is 22.0 Å². The molecular formula is C28H35N3O2S. The van der Waals surface area contributed by atoms with Gasteiger partial charge >= 0.3 is 0 Å². The molecule has 6 heteroatoms. The molecule has 180 valence electrons. The van der Waals surface area contributed by atoms with Crippen LogP contribution < -0.4 is 15.1 Å². The molecule has 0 bridgehead atoms. The summed E-state index contributed by atoms with van der Waals surface area (Å²) < 4.78 is 0. The topological polar surface area (TPSA) is 52.7 Å². The number of anilines is 2. The highest BCUT2D eigenvalue weighted by Gasteiger charge is 2.38.